The maximum atomic E-state index is 13.0. The standard InChI is InChI=1S/C31H33IN2O6/c1-36-22-8-10-23(11-9-22)40-28-17-24(12-13-26(28)32)38-15-4-3-5-16-39-30-19-27-25(18-29(30)37-2)31(35)34-14-6-7-21(34)20-33-27/h8-13,17-21H,3-7,14-16H2,1-2H3/t21-/m0/s1. The normalized spacial score (nSPS) is 15.7. The van der Waals surface area contributed by atoms with Crippen LogP contribution in [0.3, 0.4) is 0 Å². The molecule has 2 aliphatic heterocycles. The van der Waals surface area contributed by atoms with Crippen LogP contribution in [0, 0.1) is 3.57 Å². The molecule has 1 saturated heterocycles. The Bertz CT molecular complexity index is 1360. The number of amides is 1. The van der Waals surface area contributed by atoms with E-state index in [1.807, 2.05) is 59.6 Å². The monoisotopic (exact) mass is 656 g/mol. The van der Waals surface area contributed by atoms with Crippen LogP contribution in [-0.2, 0) is 0 Å². The van der Waals surface area contributed by atoms with Crippen LogP contribution in [0.15, 0.2) is 59.6 Å². The second-order valence-corrected chi connectivity index (χ2v) is 10.8. The van der Waals surface area contributed by atoms with E-state index in [-0.39, 0.29) is 11.9 Å². The molecular formula is C31H33IN2O6. The van der Waals surface area contributed by atoms with Gasteiger partial charge >= 0.3 is 0 Å². The maximum absolute atomic E-state index is 13.0. The third kappa shape index (κ3) is 6.63. The van der Waals surface area contributed by atoms with Gasteiger partial charge in [0.25, 0.3) is 5.91 Å². The van der Waals surface area contributed by atoms with Crippen LogP contribution in [0.4, 0.5) is 5.69 Å². The molecule has 3 aromatic carbocycles. The summed E-state index contributed by atoms with van der Waals surface area (Å²) in [5.74, 6) is 4.20. The summed E-state index contributed by atoms with van der Waals surface area (Å²) < 4.78 is 29.8. The Hall–Kier alpha value is -3.47. The lowest BCUT2D eigenvalue weighted by Crippen LogP contribution is -2.35. The Morgan fingerprint density at radius 2 is 1.60 bits per heavy atom. The Labute approximate surface area is 248 Å². The molecule has 8 nitrogen and oxygen atoms in total. The van der Waals surface area contributed by atoms with Crippen molar-refractivity contribution in [1.29, 1.82) is 0 Å². The predicted octanol–water partition coefficient (Wildman–Crippen LogP) is 7.05. The van der Waals surface area contributed by atoms with Gasteiger partial charge in [-0.3, -0.25) is 9.79 Å². The zero-order chi connectivity index (χ0) is 27.9. The molecule has 40 heavy (non-hydrogen) atoms. The number of methoxy groups -OCH3 is 2. The summed E-state index contributed by atoms with van der Waals surface area (Å²) in [4.78, 5) is 19.5. The van der Waals surface area contributed by atoms with Crippen molar-refractivity contribution < 1.29 is 28.5 Å². The number of unbranched alkanes of at least 4 members (excludes halogenated alkanes) is 2. The first-order valence-electron chi connectivity index (χ1n) is 13.5. The first-order valence-corrected chi connectivity index (χ1v) is 14.6. The molecule has 0 saturated carbocycles. The van der Waals surface area contributed by atoms with Crippen molar-refractivity contribution >= 4 is 40.4 Å². The predicted molar refractivity (Wildman–Crippen MR) is 162 cm³/mol. The molecule has 0 spiro atoms. The Balaban J connectivity index is 1.08. The first-order chi connectivity index (χ1) is 19.6. The molecule has 3 aromatic rings. The molecule has 0 aromatic heterocycles. The van der Waals surface area contributed by atoms with Crippen molar-refractivity contribution in [3.8, 4) is 34.5 Å². The number of aliphatic imine (C=N–C) groups is 1. The molecule has 0 aliphatic carbocycles. The van der Waals surface area contributed by atoms with E-state index in [1.165, 1.54) is 0 Å². The van der Waals surface area contributed by atoms with Crippen LogP contribution in [-0.4, -0.2) is 57.0 Å². The quantitative estimate of drug-likeness (QED) is 0.154. The average molecular weight is 657 g/mol. The van der Waals surface area contributed by atoms with E-state index in [0.717, 1.165) is 65.2 Å². The largest absolute Gasteiger partial charge is 0.497 e. The highest BCUT2D eigenvalue weighted by Gasteiger charge is 2.32. The van der Waals surface area contributed by atoms with Gasteiger partial charge in [0.2, 0.25) is 0 Å². The zero-order valence-electron chi connectivity index (χ0n) is 22.7. The van der Waals surface area contributed by atoms with E-state index in [0.29, 0.717) is 36.0 Å². The maximum Gasteiger partial charge on any atom is 0.256 e. The Morgan fingerprint density at radius 1 is 0.850 bits per heavy atom. The van der Waals surface area contributed by atoms with E-state index in [1.54, 1.807) is 20.3 Å². The minimum absolute atomic E-state index is 0.00685. The fourth-order valence-corrected chi connectivity index (χ4v) is 5.24. The summed E-state index contributed by atoms with van der Waals surface area (Å²) in [5, 5.41) is 0. The summed E-state index contributed by atoms with van der Waals surface area (Å²) >= 11 is 2.25. The molecule has 0 radical (unpaired) electrons. The third-order valence-corrected chi connectivity index (χ3v) is 7.85. The lowest BCUT2D eigenvalue weighted by molar-refractivity contribution is 0.0774. The second kappa shape index (κ2) is 13.3. The van der Waals surface area contributed by atoms with Crippen molar-refractivity contribution in [3.05, 3.63) is 63.7 Å². The highest BCUT2D eigenvalue weighted by atomic mass is 127. The molecule has 1 atom stereocenters. The van der Waals surface area contributed by atoms with Gasteiger partial charge in [-0.1, -0.05) is 0 Å². The van der Waals surface area contributed by atoms with Gasteiger partial charge in [-0.15, -0.1) is 0 Å². The van der Waals surface area contributed by atoms with Crippen LogP contribution in [0.5, 0.6) is 34.5 Å². The zero-order valence-corrected chi connectivity index (χ0v) is 24.9. The van der Waals surface area contributed by atoms with Gasteiger partial charge in [0.05, 0.1) is 48.3 Å². The molecule has 9 heteroatoms. The van der Waals surface area contributed by atoms with Gasteiger partial charge in [-0.25, -0.2) is 0 Å². The number of benzene rings is 3. The number of hydrogen-bond donors (Lipinski definition) is 0. The van der Waals surface area contributed by atoms with Crippen LogP contribution in [0.25, 0.3) is 0 Å². The molecule has 2 aliphatic rings. The molecule has 1 amide bonds. The van der Waals surface area contributed by atoms with Gasteiger partial charge in [0.1, 0.15) is 23.0 Å². The van der Waals surface area contributed by atoms with Crippen molar-refractivity contribution in [1.82, 2.24) is 4.90 Å². The molecule has 210 valence electrons. The number of nitrogens with zero attached hydrogens (tertiary/aromatic N) is 2. The lowest BCUT2D eigenvalue weighted by Gasteiger charge is -2.20. The molecule has 0 unspecified atom stereocenters. The molecule has 1 fully saturated rings. The summed E-state index contributed by atoms with van der Waals surface area (Å²) in [6, 6.07) is 17.0. The number of carbonyl (C=O) groups is 1. The van der Waals surface area contributed by atoms with Gasteiger partial charge in [-0.05, 0) is 97.2 Å². The van der Waals surface area contributed by atoms with E-state index >= 15 is 0 Å². The number of fused-ring (bicyclic) bond motifs is 2. The number of rotatable bonds is 12. The van der Waals surface area contributed by atoms with E-state index in [2.05, 4.69) is 27.6 Å². The van der Waals surface area contributed by atoms with Crippen molar-refractivity contribution in [2.24, 2.45) is 4.99 Å². The van der Waals surface area contributed by atoms with Crippen molar-refractivity contribution in [2.75, 3.05) is 34.0 Å². The van der Waals surface area contributed by atoms with Gasteiger partial charge < -0.3 is 28.6 Å². The molecule has 0 N–H and O–H groups in total. The fraction of sp³-hybridized carbons (Fsp3) is 0.355. The summed E-state index contributed by atoms with van der Waals surface area (Å²) in [5.41, 5.74) is 1.20. The topological polar surface area (TPSA) is 78.8 Å². The van der Waals surface area contributed by atoms with Gasteiger partial charge in [0, 0.05) is 24.9 Å². The molecule has 5 rings (SSSR count). The van der Waals surface area contributed by atoms with Crippen LogP contribution in [0.1, 0.15) is 42.5 Å². The minimum atomic E-state index is 0.00685. The van der Waals surface area contributed by atoms with E-state index in [9.17, 15) is 4.79 Å². The van der Waals surface area contributed by atoms with Crippen molar-refractivity contribution in [2.45, 2.75) is 38.1 Å². The van der Waals surface area contributed by atoms with Crippen LogP contribution in [0.2, 0.25) is 0 Å². The number of ether oxygens (including phenoxy) is 5. The van der Waals surface area contributed by atoms with Crippen LogP contribution < -0.4 is 23.7 Å². The summed E-state index contributed by atoms with van der Waals surface area (Å²) in [6.45, 7) is 1.89. The smallest absolute Gasteiger partial charge is 0.256 e. The summed E-state index contributed by atoms with van der Waals surface area (Å²) in [6.07, 6.45) is 6.54. The Kier molecular flexibility index (Phi) is 9.30. The van der Waals surface area contributed by atoms with E-state index < -0.39 is 0 Å². The SMILES string of the molecule is COc1ccc(Oc2cc(OCCCCCOc3cc4c(cc3OC)C(=O)N3CCC[C@H]3C=N4)ccc2I)cc1. The Morgan fingerprint density at radius 3 is 2.38 bits per heavy atom. The van der Waals surface area contributed by atoms with Gasteiger partial charge in [0.15, 0.2) is 11.5 Å². The minimum Gasteiger partial charge on any atom is -0.497 e. The molecule has 0 bridgehead atoms. The van der Waals surface area contributed by atoms with E-state index in [4.69, 9.17) is 23.7 Å². The number of carbonyl (C=O) groups excluding carboxylic acids is 1. The summed E-state index contributed by atoms with van der Waals surface area (Å²) in [7, 11) is 3.23. The molecule has 2 heterocycles. The average Bonchev–Trinajstić information content (AvgIpc) is 3.41. The lowest BCUT2D eigenvalue weighted by atomic mass is 10.1. The first kappa shape index (κ1) is 28.1. The molecular weight excluding hydrogens is 623 g/mol. The van der Waals surface area contributed by atoms with Crippen LogP contribution >= 0.6 is 22.6 Å². The number of halogens is 1. The fourth-order valence-electron chi connectivity index (χ4n) is 4.80. The highest BCUT2D eigenvalue weighted by molar-refractivity contribution is 14.1. The van der Waals surface area contributed by atoms with Gasteiger partial charge in [-0.2, -0.15) is 0 Å². The highest BCUT2D eigenvalue weighted by Crippen LogP contribution is 2.38. The van der Waals surface area contributed by atoms with Crippen molar-refractivity contribution in [3.63, 3.8) is 0 Å². The number of hydrogen-bond acceptors (Lipinski definition) is 7. The second-order valence-electron chi connectivity index (χ2n) is 9.63. The third-order valence-electron chi connectivity index (χ3n) is 6.96.